The molecule has 0 saturated carbocycles. The van der Waals surface area contributed by atoms with Crippen molar-refractivity contribution in [1.82, 2.24) is 10.2 Å². The summed E-state index contributed by atoms with van der Waals surface area (Å²) in [4.78, 5) is 14.6. The lowest BCUT2D eigenvalue weighted by atomic mass is 10.0. The predicted molar refractivity (Wildman–Crippen MR) is 101 cm³/mol. The Morgan fingerprint density at radius 1 is 1.48 bits per heavy atom. The number of nitrogens with zero attached hydrogens (tertiary/aromatic N) is 1. The zero-order valence-corrected chi connectivity index (χ0v) is 16.6. The van der Waals surface area contributed by atoms with Gasteiger partial charge in [0.15, 0.2) is 6.10 Å². The van der Waals surface area contributed by atoms with Gasteiger partial charge in [-0.3, -0.25) is 4.79 Å². The first-order chi connectivity index (χ1) is 12.0. The average Bonchev–Trinajstić information content (AvgIpc) is 2.57. The fourth-order valence-corrected chi connectivity index (χ4v) is 3.56. The van der Waals surface area contributed by atoms with Gasteiger partial charge in [-0.25, -0.2) is 4.39 Å². The van der Waals surface area contributed by atoms with E-state index in [0.717, 1.165) is 25.3 Å². The summed E-state index contributed by atoms with van der Waals surface area (Å²) in [5.41, 5.74) is 0. The Kier molecular flexibility index (Phi) is 8.16. The highest BCUT2D eigenvalue weighted by Crippen LogP contribution is 2.26. The Bertz CT molecular complexity index is 570. The van der Waals surface area contributed by atoms with Crippen molar-refractivity contribution in [3.05, 3.63) is 28.5 Å². The van der Waals surface area contributed by atoms with Gasteiger partial charge < -0.3 is 15.0 Å². The standard InChI is InChI=1S/C19H28BrFN2O2/c1-14-6-5-11-23(13-14)10-4-3-9-22-19(24)15(2)25-18-8-7-16(21)12-17(18)20/h7-8,12,14-15H,3-6,9-11,13H2,1-2H3,(H,22,24)/t14-,15-/m0/s1. The van der Waals surface area contributed by atoms with Gasteiger partial charge in [-0.1, -0.05) is 6.92 Å². The van der Waals surface area contributed by atoms with Crippen molar-refractivity contribution in [2.24, 2.45) is 5.92 Å². The van der Waals surface area contributed by atoms with E-state index >= 15 is 0 Å². The lowest BCUT2D eigenvalue weighted by Gasteiger charge is -2.30. The van der Waals surface area contributed by atoms with Gasteiger partial charge in [0.25, 0.3) is 5.91 Å². The van der Waals surface area contributed by atoms with Crippen molar-refractivity contribution in [1.29, 1.82) is 0 Å². The molecular formula is C19H28BrFN2O2. The van der Waals surface area contributed by atoms with Crippen molar-refractivity contribution in [3.63, 3.8) is 0 Å². The van der Waals surface area contributed by atoms with E-state index in [2.05, 4.69) is 33.1 Å². The van der Waals surface area contributed by atoms with Gasteiger partial charge in [-0.05, 0) is 85.7 Å². The normalized spacial score (nSPS) is 19.4. The summed E-state index contributed by atoms with van der Waals surface area (Å²) in [7, 11) is 0. The predicted octanol–water partition coefficient (Wildman–Crippen LogP) is 3.98. The van der Waals surface area contributed by atoms with Gasteiger partial charge in [-0.2, -0.15) is 0 Å². The second-order valence-electron chi connectivity index (χ2n) is 6.88. The van der Waals surface area contributed by atoms with E-state index in [1.165, 1.54) is 44.1 Å². The quantitative estimate of drug-likeness (QED) is 0.653. The second kappa shape index (κ2) is 10.1. The number of hydrogen-bond donors (Lipinski definition) is 1. The topological polar surface area (TPSA) is 41.6 Å². The highest BCUT2D eigenvalue weighted by molar-refractivity contribution is 9.10. The molecular weight excluding hydrogens is 387 g/mol. The summed E-state index contributed by atoms with van der Waals surface area (Å²) in [5.74, 6) is 0.766. The van der Waals surface area contributed by atoms with Gasteiger partial charge in [0.1, 0.15) is 11.6 Å². The molecule has 2 rings (SSSR count). The molecule has 1 saturated heterocycles. The Hall–Kier alpha value is -1.14. The molecule has 140 valence electrons. The summed E-state index contributed by atoms with van der Waals surface area (Å²) >= 11 is 3.24. The van der Waals surface area contributed by atoms with Crippen molar-refractivity contribution in [2.45, 2.75) is 45.6 Å². The van der Waals surface area contributed by atoms with Gasteiger partial charge in [0, 0.05) is 13.1 Å². The Labute approximate surface area is 158 Å². The number of unbranched alkanes of at least 4 members (excludes halogenated alkanes) is 1. The summed E-state index contributed by atoms with van der Waals surface area (Å²) in [6, 6.07) is 4.15. The summed E-state index contributed by atoms with van der Waals surface area (Å²) < 4.78 is 19.2. The number of ether oxygens (including phenoxy) is 1. The number of carbonyl (C=O) groups excluding carboxylic acids is 1. The summed E-state index contributed by atoms with van der Waals surface area (Å²) in [6.07, 6.45) is 4.07. The number of carbonyl (C=O) groups is 1. The van der Waals surface area contributed by atoms with Gasteiger partial charge in [0.05, 0.1) is 4.47 Å². The van der Waals surface area contributed by atoms with Crippen LogP contribution >= 0.6 is 15.9 Å². The summed E-state index contributed by atoms with van der Waals surface area (Å²) in [6.45, 7) is 8.17. The third kappa shape index (κ3) is 6.94. The van der Waals surface area contributed by atoms with Gasteiger partial charge in [0.2, 0.25) is 0 Å². The maximum Gasteiger partial charge on any atom is 0.260 e. The molecule has 0 bridgehead atoms. The molecule has 0 unspecified atom stereocenters. The molecule has 6 heteroatoms. The third-order valence-corrected chi connectivity index (χ3v) is 5.13. The van der Waals surface area contributed by atoms with Crippen LogP contribution in [0.15, 0.2) is 22.7 Å². The van der Waals surface area contributed by atoms with Crippen molar-refractivity contribution >= 4 is 21.8 Å². The monoisotopic (exact) mass is 414 g/mol. The number of rotatable bonds is 8. The highest BCUT2D eigenvalue weighted by atomic mass is 79.9. The van der Waals surface area contributed by atoms with Crippen LogP contribution in [0.25, 0.3) is 0 Å². The first kappa shape index (κ1) is 20.2. The minimum atomic E-state index is -0.621. The SMILES string of the molecule is C[C@H]1CCCN(CCCCNC(=O)[C@H](C)Oc2ccc(F)cc2Br)C1. The van der Waals surface area contributed by atoms with Crippen LogP contribution in [-0.2, 0) is 4.79 Å². The van der Waals surface area contributed by atoms with Gasteiger partial charge >= 0.3 is 0 Å². The zero-order chi connectivity index (χ0) is 18.2. The maximum atomic E-state index is 13.1. The van der Waals surface area contributed by atoms with Gasteiger partial charge in [-0.15, -0.1) is 0 Å². The lowest BCUT2D eigenvalue weighted by Crippen LogP contribution is -2.37. The number of amides is 1. The molecule has 2 atom stereocenters. The molecule has 1 aromatic carbocycles. The van der Waals surface area contributed by atoms with E-state index in [1.807, 2.05) is 0 Å². The van der Waals surface area contributed by atoms with Crippen LogP contribution < -0.4 is 10.1 Å². The van der Waals surface area contributed by atoms with Crippen molar-refractivity contribution in [2.75, 3.05) is 26.2 Å². The van der Waals surface area contributed by atoms with E-state index in [0.29, 0.717) is 16.8 Å². The number of nitrogens with one attached hydrogen (secondary N) is 1. The lowest BCUT2D eigenvalue weighted by molar-refractivity contribution is -0.127. The number of hydrogen-bond acceptors (Lipinski definition) is 3. The third-order valence-electron chi connectivity index (χ3n) is 4.51. The fraction of sp³-hybridized carbons (Fsp3) is 0.632. The highest BCUT2D eigenvalue weighted by Gasteiger charge is 2.17. The van der Waals surface area contributed by atoms with Crippen LogP contribution in [0.5, 0.6) is 5.75 Å². The minimum absolute atomic E-state index is 0.150. The van der Waals surface area contributed by atoms with E-state index < -0.39 is 6.10 Å². The van der Waals surface area contributed by atoms with Crippen molar-refractivity contribution in [3.8, 4) is 5.75 Å². The van der Waals surface area contributed by atoms with E-state index in [4.69, 9.17) is 4.74 Å². The average molecular weight is 415 g/mol. The van der Waals surface area contributed by atoms with E-state index in [1.54, 1.807) is 6.92 Å². The van der Waals surface area contributed by atoms with Crippen LogP contribution in [0.3, 0.4) is 0 Å². The molecule has 0 aliphatic carbocycles. The smallest absolute Gasteiger partial charge is 0.260 e. The Balaban J connectivity index is 1.62. The Morgan fingerprint density at radius 2 is 2.28 bits per heavy atom. The number of likely N-dealkylation sites (tertiary alicyclic amines) is 1. The molecule has 1 N–H and O–H groups in total. The maximum absolute atomic E-state index is 13.1. The van der Waals surface area contributed by atoms with Crippen LogP contribution in [0.4, 0.5) is 4.39 Å². The Morgan fingerprint density at radius 3 is 3.00 bits per heavy atom. The largest absolute Gasteiger partial charge is 0.480 e. The first-order valence-corrected chi connectivity index (χ1v) is 9.87. The molecule has 0 spiro atoms. The number of piperidine rings is 1. The summed E-state index contributed by atoms with van der Waals surface area (Å²) in [5, 5.41) is 2.91. The molecule has 1 aliphatic heterocycles. The van der Waals surface area contributed by atoms with Crippen LogP contribution in [0.2, 0.25) is 0 Å². The first-order valence-electron chi connectivity index (χ1n) is 9.07. The van der Waals surface area contributed by atoms with Crippen LogP contribution in [0, 0.1) is 11.7 Å². The molecule has 25 heavy (non-hydrogen) atoms. The molecule has 1 fully saturated rings. The van der Waals surface area contributed by atoms with Crippen molar-refractivity contribution < 1.29 is 13.9 Å². The van der Waals surface area contributed by atoms with E-state index in [-0.39, 0.29) is 11.7 Å². The molecule has 0 radical (unpaired) electrons. The van der Waals surface area contributed by atoms with E-state index in [9.17, 15) is 9.18 Å². The molecule has 0 aromatic heterocycles. The molecule has 1 amide bonds. The minimum Gasteiger partial charge on any atom is -0.480 e. The second-order valence-corrected chi connectivity index (χ2v) is 7.74. The molecule has 1 aromatic rings. The molecule has 1 aliphatic rings. The fourth-order valence-electron chi connectivity index (χ4n) is 3.12. The molecule has 4 nitrogen and oxygen atoms in total. The number of benzene rings is 1. The van der Waals surface area contributed by atoms with Crippen LogP contribution in [0.1, 0.15) is 39.5 Å². The van der Waals surface area contributed by atoms with Crippen LogP contribution in [-0.4, -0.2) is 43.1 Å². The number of halogens is 2. The molecule has 1 heterocycles. The zero-order valence-electron chi connectivity index (χ0n) is 15.1.